The highest BCUT2D eigenvalue weighted by atomic mass is 35.5. The summed E-state index contributed by atoms with van der Waals surface area (Å²) in [4.78, 5) is 52.0. The molecule has 2 aromatic heterocycles. The Morgan fingerprint density at radius 1 is 1.07 bits per heavy atom. The second-order valence-corrected chi connectivity index (χ2v) is 12.0. The van der Waals surface area contributed by atoms with Crippen molar-refractivity contribution >= 4 is 57.7 Å². The van der Waals surface area contributed by atoms with Crippen LogP contribution in [0.4, 0.5) is 22.1 Å². The highest BCUT2D eigenvalue weighted by Crippen LogP contribution is 2.33. The van der Waals surface area contributed by atoms with Gasteiger partial charge in [-0.15, -0.1) is 0 Å². The number of fused-ring (bicyclic) bond motifs is 1. The lowest BCUT2D eigenvalue weighted by molar-refractivity contribution is -0.121. The van der Waals surface area contributed by atoms with Crippen molar-refractivity contribution in [1.82, 2.24) is 19.9 Å². The molecule has 0 radical (unpaired) electrons. The molecule has 44 heavy (non-hydrogen) atoms. The first-order valence-electron chi connectivity index (χ1n) is 14.2. The van der Waals surface area contributed by atoms with Gasteiger partial charge in [0.05, 0.1) is 22.8 Å². The second kappa shape index (κ2) is 12.8. The minimum absolute atomic E-state index is 0.175. The summed E-state index contributed by atoms with van der Waals surface area (Å²) in [6.45, 7) is 9.28. The Bertz CT molecular complexity index is 1700. The van der Waals surface area contributed by atoms with Gasteiger partial charge >= 0.3 is 6.09 Å². The van der Waals surface area contributed by atoms with Crippen molar-refractivity contribution in [3.05, 3.63) is 78.6 Å². The Kier molecular flexibility index (Phi) is 8.86. The van der Waals surface area contributed by atoms with Crippen LogP contribution >= 0.6 is 11.6 Å². The van der Waals surface area contributed by atoms with E-state index in [1.54, 1.807) is 45.0 Å². The largest absolute Gasteiger partial charge is 0.444 e. The standard InChI is InChI=1S/C32H34ClN7O4/c1-5-27(41)36-20-10-12-21(13-11-20)37-29(42)19-14-22(18-40(17-19)31(43)44-32(2,3)4)38-30-35-16-25(33)28(39-30)24-15-34-26-9-7-6-8-23(24)26/h5-13,15-16,19,22,34H,1,14,17-18H2,2-4H3,(H,36,41)(H,37,42)(H,35,38,39). The molecule has 0 bridgehead atoms. The lowest BCUT2D eigenvalue weighted by Crippen LogP contribution is -2.52. The van der Waals surface area contributed by atoms with Gasteiger partial charge < -0.3 is 30.6 Å². The van der Waals surface area contributed by atoms with Gasteiger partial charge in [0.25, 0.3) is 0 Å². The van der Waals surface area contributed by atoms with Crippen LogP contribution in [0.2, 0.25) is 5.02 Å². The third kappa shape index (κ3) is 7.35. The molecule has 11 nitrogen and oxygen atoms in total. The smallest absolute Gasteiger partial charge is 0.410 e. The Labute approximate surface area is 260 Å². The van der Waals surface area contributed by atoms with Gasteiger partial charge in [0.1, 0.15) is 5.60 Å². The molecule has 2 aromatic carbocycles. The molecule has 0 saturated carbocycles. The van der Waals surface area contributed by atoms with Gasteiger partial charge in [-0.3, -0.25) is 9.59 Å². The number of carbonyl (C=O) groups excluding carboxylic acids is 3. The first kappa shape index (κ1) is 30.6. The molecule has 1 aliphatic heterocycles. The van der Waals surface area contributed by atoms with E-state index in [2.05, 4.69) is 32.5 Å². The molecule has 0 spiro atoms. The van der Waals surface area contributed by atoms with Gasteiger partial charge in [-0.25, -0.2) is 14.8 Å². The first-order valence-corrected chi connectivity index (χ1v) is 14.5. The lowest BCUT2D eigenvalue weighted by Gasteiger charge is -2.38. The Morgan fingerprint density at radius 2 is 1.77 bits per heavy atom. The van der Waals surface area contributed by atoms with E-state index in [1.165, 1.54) is 17.2 Å². The summed E-state index contributed by atoms with van der Waals surface area (Å²) in [5, 5.41) is 10.3. The average Bonchev–Trinajstić information content (AvgIpc) is 3.42. The number of likely N-dealkylation sites (tertiary alicyclic amines) is 1. The number of anilines is 3. The van der Waals surface area contributed by atoms with Gasteiger partial charge in [0.15, 0.2) is 0 Å². The number of hydrogen-bond acceptors (Lipinski definition) is 7. The highest BCUT2D eigenvalue weighted by molar-refractivity contribution is 6.33. The fourth-order valence-corrected chi connectivity index (χ4v) is 5.21. The number of aromatic amines is 1. The number of ether oxygens (including phenoxy) is 1. The van der Waals surface area contributed by atoms with Crippen LogP contribution in [0.25, 0.3) is 22.2 Å². The van der Waals surface area contributed by atoms with E-state index in [4.69, 9.17) is 21.3 Å². The van der Waals surface area contributed by atoms with E-state index in [1.807, 2.05) is 30.5 Å². The van der Waals surface area contributed by atoms with E-state index >= 15 is 0 Å². The Morgan fingerprint density at radius 3 is 2.48 bits per heavy atom. The lowest BCUT2D eigenvalue weighted by atomic mass is 9.93. The van der Waals surface area contributed by atoms with Crippen LogP contribution in [0.5, 0.6) is 0 Å². The van der Waals surface area contributed by atoms with Crippen LogP contribution in [0.15, 0.2) is 73.6 Å². The number of halogens is 1. The number of amides is 3. The summed E-state index contributed by atoms with van der Waals surface area (Å²) in [5.41, 5.74) is 2.77. The van der Waals surface area contributed by atoms with Crippen molar-refractivity contribution < 1.29 is 19.1 Å². The number of hydrogen-bond donors (Lipinski definition) is 4. The molecule has 1 saturated heterocycles. The molecular formula is C32H34ClN7O4. The molecule has 1 fully saturated rings. The Hall–Kier alpha value is -4.90. The highest BCUT2D eigenvalue weighted by Gasteiger charge is 2.36. The molecule has 5 rings (SSSR count). The average molecular weight is 616 g/mol. The minimum atomic E-state index is -0.703. The molecule has 4 aromatic rings. The number of rotatable bonds is 7. The summed E-state index contributed by atoms with van der Waals surface area (Å²) in [7, 11) is 0. The van der Waals surface area contributed by atoms with Crippen LogP contribution in [0, 0.1) is 5.92 Å². The molecule has 4 N–H and O–H groups in total. The number of benzene rings is 2. The molecule has 12 heteroatoms. The van der Waals surface area contributed by atoms with Gasteiger partial charge in [0.2, 0.25) is 17.8 Å². The molecule has 228 valence electrons. The maximum absolute atomic E-state index is 13.5. The maximum atomic E-state index is 13.5. The van der Waals surface area contributed by atoms with Crippen molar-refractivity contribution in [2.45, 2.75) is 38.8 Å². The van der Waals surface area contributed by atoms with E-state index in [0.29, 0.717) is 34.5 Å². The number of para-hydroxylation sites is 1. The third-order valence-corrected chi connectivity index (χ3v) is 7.28. The van der Waals surface area contributed by atoms with Crippen LogP contribution < -0.4 is 16.0 Å². The molecule has 2 unspecified atom stereocenters. The van der Waals surface area contributed by atoms with Crippen molar-refractivity contribution in [2.75, 3.05) is 29.0 Å². The van der Waals surface area contributed by atoms with E-state index in [0.717, 1.165) is 16.5 Å². The molecule has 0 aliphatic carbocycles. The fourth-order valence-electron chi connectivity index (χ4n) is 5.02. The normalized spacial score (nSPS) is 16.7. The van der Waals surface area contributed by atoms with Crippen LogP contribution in [-0.4, -0.2) is 62.5 Å². The van der Waals surface area contributed by atoms with Gasteiger partial charge in [-0.05, 0) is 63.6 Å². The molecule has 3 heterocycles. The summed E-state index contributed by atoms with van der Waals surface area (Å²) >= 11 is 6.53. The summed E-state index contributed by atoms with van der Waals surface area (Å²) < 4.78 is 5.63. The summed E-state index contributed by atoms with van der Waals surface area (Å²) in [5.74, 6) is -0.830. The number of H-pyrrole nitrogens is 1. The molecule has 1 aliphatic rings. The number of piperidine rings is 1. The van der Waals surface area contributed by atoms with E-state index in [-0.39, 0.29) is 30.9 Å². The zero-order valence-electron chi connectivity index (χ0n) is 24.7. The molecule has 2 atom stereocenters. The third-order valence-electron chi connectivity index (χ3n) is 7.00. The number of carbonyl (C=O) groups is 3. The van der Waals surface area contributed by atoms with Crippen LogP contribution in [0.3, 0.4) is 0 Å². The predicted octanol–water partition coefficient (Wildman–Crippen LogP) is 6.08. The van der Waals surface area contributed by atoms with E-state index in [9.17, 15) is 14.4 Å². The Balaban J connectivity index is 1.35. The topological polar surface area (TPSA) is 141 Å². The van der Waals surface area contributed by atoms with Gasteiger partial charge in [0, 0.05) is 53.2 Å². The van der Waals surface area contributed by atoms with Gasteiger partial charge in [-0.2, -0.15) is 0 Å². The maximum Gasteiger partial charge on any atom is 0.410 e. The minimum Gasteiger partial charge on any atom is -0.444 e. The number of nitrogens with one attached hydrogen (secondary N) is 4. The van der Waals surface area contributed by atoms with Crippen molar-refractivity contribution in [3.8, 4) is 11.3 Å². The van der Waals surface area contributed by atoms with Crippen molar-refractivity contribution in [3.63, 3.8) is 0 Å². The zero-order chi connectivity index (χ0) is 31.4. The van der Waals surface area contributed by atoms with E-state index < -0.39 is 17.6 Å². The second-order valence-electron chi connectivity index (χ2n) is 11.6. The SMILES string of the molecule is C=CC(=O)Nc1ccc(NC(=O)C2CC(Nc3ncc(Cl)c(-c4c[nH]c5ccccc45)n3)CN(C(=O)OC(C)(C)C)C2)cc1. The quantitative estimate of drug-likeness (QED) is 0.185. The zero-order valence-corrected chi connectivity index (χ0v) is 25.4. The van der Waals surface area contributed by atoms with Crippen molar-refractivity contribution in [1.29, 1.82) is 0 Å². The molecule has 3 amide bonds. The number of aromatic nitrogens is 3. The molecular weight excluding hydrogens is 582 g/mol. The summed E-state index contributed by atoms with van der Waals surface area (Å²) in [6.07, 6.45) is 4.47. The summed E-state index contributed by atoms with van der Waals surface area (Å²) in [6, 6.07) is 14.2. The predicted molar refractivity (Wildman–Crippen MR) is 172 cm³/mol. The monoisotopic (exact) mass is 615 g/mol. The number of nitrogens with zero attached hydrogens (tertiary/aromatic N) is 3. The van der Waals surface area contributed by atoms with Gasteiger partial charge in [-0.1, -0.05) is 36.4 Å². The fraction of sp³-hybridized carbons (Fsp3) is 0.281. The van der Waals surface area contributed by atoms with Crippen LogP contribution in [-0.2, 0) is 14.3 Å². The van der Waals surface area contributed by atoms with Crippen molar-refractivity contribution in [2.24, 2.45) is 5.92 Å². The first-order chi connectivity index (χ1) is 21.0. The van der Waals surface area contributed by atoms with Crippen LogP contribution in [0.1, 0.15) is 27.2 Å².